The van der Waals surface area contributed by atoms with Gasteiger partial charge in [0.15, 0.2) is 17.3 Å². The lowest BCUT2D eigenvalue weighted by Crippen LogP contribution is -2.30. The van der Waals surface area contributed by atoms with E-state index in [1.54, 1.807) is 19.2 Å². The molecule has 0 aliphatic carbocycles. The number of benzene rings is 2. The molecule has 2 aromatic carbocycles. The standard InChI is InChI=1S/C22H20ClF2N3O5/c1-29-14-5-10-13(6-15(14)32-18-7-16-21(33-18)17(30-2)8-31-16)26-9-27-22(10)28-12-4-3-11(24)19(23)20(12)25/h3-6,9,16-18,21H,7-8H2,1-2H3,(H,26,27,28)/t16-,17+,18+,21+/m1/s1. The van der Waals surface area contributed by atoms with Gasteiger partial charge in [0.2, 0.25) is 6.29 Å². The number of hydrogen-bond donors (Lipinski definition) is 1. The molecular formula is C22H20ClF2N3O5. The highest BCUT2D eigenvalue weighted by Crippen LogP contribution is 2.39. The molecule has 33 heavy (non-hydrogen) atoms. The molecule has 2 aliphatic rings. The molecule has 5 rings (SSSR count). The van der Waals surface area contributed by atoms with Gasteiger partial charge < -0.3 is 29.0 Å². The quantitative estimate of drug-likeness (QED) is 0.526. The van der Waals surface area contributed by atoms with Gasteiger partial charge in [0.05, 0.1) is 31.0 Å². The van der Waals surface area contributed by atoms with Crippen LogP contribution in [-0.4, -0.2) is 55.4 Å². The lowest BCUT2D eigenvalue weighted by Gasteiger charge is -2.19. The molecule has 2 aliphatic heterocycles. The minimum Gasteiger partial charge on any atom is -0.493 e. The van der Waals surface area contributed by atoms with Crippen LogP contribution in [0.3, 0.4) is 0 Å². The highest BCUT2D eigenvalue weighted by molar-refractivity contribution is 6.31. The molecule has 2 saturated heterocycles. The SMILES string of the molecule is COc1cc2c(Nc3ccc(F)c(Cl)c3F)ncnc2cc1O[C@@H]1C[C@H]2OC[C@H](OC)[C@H]2O1. The van der Waals surface area contributed by atoms with Crippen LogP contribution in [-0.2, 0) is 14.2 Å². The molecule has 0 unspecified atom stereocenters. The molecule has 0 bridgehead atoms. The Morgan fingerprint density at radius 2 is 2.00 bits per heavy atom. The first-order valence-electron chi connectivity index (χ1n) is 10.2. The van der Waals surface area contributed by atoms with Crippen LogP contribution in [0.4, 0.5) is 20.3 Å². The predicted octanol–water partition coefficient (Wildman–Crippen LogP) is 4.22. The van der Waals surface area contributed by atoms with Crippen LogP contribution < -0.4 is 14.8 Å². The molecule has 3 aromatic rings. The van der Waals surface area contributed by atoms with Crippen molar-refractivity contribution in [2.24, 2.45) is 0 Å². The maximum absolute atomic E-state index is 14.4. The van der Waals surface area contributed by atoms with E-state index in [-0.39, 0.29) is 29.8 Å². The van der Waals surface area contributed by atoms with E-state index in [0.717, 1.165) is 6.07 Å². The molecular weight excluding hydrogens is 460 g/mol. The zero-order valence-electron chi connectivity index (χ0n) is 17.7. The highest BCUT2D eigenvalue weighted by Gasteiger charge is 2.47. The number of halogens is 3. The number of aromatic nitrogens is 2. The second-order valence-corrected chi connectivity index (χ2v) is 8.00. The van der Waals surface area contributed by atoms with Crippen LogP contribution in [0.1, 0.15) is 6.42 Å². The number of hydrogen-bond acceptors (Lipinski definition) is 8. The molecule has 11 heteroatoms. The number of anilines is 2. The van der Waals surface area contributed by atoms with Gasteiger partial charge in [-0.3, -0.25) is 0 Å². The second kappa shape index (κ2) is 8.86. The number of nitrogens with zero attached hydrogens (tertiary/aromatic N) is 2. The summed E-state index contributed by atoms with van der Waals surface area (Å²) in [5.74, 6) is -0.658. The Kier molecular flexibility index (Phi) is 5.92. The third kappa shape index (κ3) is 4.04. The van der Waals surface area contributed by atoms with Crippen LogP contribution in [0.5, 0.6) is 11.5 Å². The van der Waals surface area contributed by atoms with E-state index in [1.807, 2.05) is 0 Å². The zero-order valence-corrected chi connectivity index (χ0v) is 18.4. The van der Waals surface area contributed by atoms with Gasteiger partial charge in [-0.25, -0.2) is 18.7 Å². The van der Waals surface area contributed by atoms with Crippen molar-refractivity contribution >= 4 is 34.0 Å². The van der Waals surface area contributed by atoms with Crippen molar-refractivity contribution in [2.75, 3.05) is 26.1 Å². The van der Waals surface area contributed by atoms with Gasteiger partial charge >= 0.3 is 0 Å². The average Bonchev–Trinajstić information content (AvgIpc) is 3.39. The zero-order chi connectivity index (χ0) is 23.1. The fraction of sp³-hybridized carbons (Fsp3) is 0.364. The maximum atomic E-state index is 14.4. The van der Waals surface area contributed by atoms with Gasteiger partial charge in [0.1, 0.15) is 35.2 Å². The fourth-order valence-electron chi connectivity index (χ4n) is 4.03. The minimum absolute atomic E-state index is 0.0284. The number of ether oxygens (including phenoxy) is 5. The van der Waals surface area contributed by atoms with Crippen LogP contribution in [0.15, 0.2) is 30.6 Å². The van der Waals surface area contributed by atoms with Crippen molar-refractivity contribution in [1.82, 2.24) is 9.97 Å². The van der Waals surface area contributed by atoms with E-state index in [2.05, 4.69) is 15.3 Å². The minimum atomic E-state index is -0.920. The topological polar surface area (TPSA) is 84.0 Å². The Balaban J connectivity index is 1.43. The summed E-state index contributed by atoms with van der Waals surface area (Å²) in [6, 6.07) is 5.66. The Morgan fingerprint density at radius 3 is 2.79 bits per heavy atom. The molecule has 4 atom stereocenters. The molecule has 2 fully saturated rings. The fourth-order valence-corrected chi connectivity index (χ4v) is 4.20. The van der Waals surface area contributed by atoms with Crippen molar-refractivity contribution in [3.63, 3.8) is 0 Å². The molecule has 0 radical (unpaired) electrons. The number of fused-ring (bicyclic) bond motifs is 2. The largest absolute Gasteiger partial charge is 0.493 e. The number of methoxy groups -OCH3 is 2. The predicted molar refractivity (Wildman–Crippen MR) is 115 cm³/mol. The van der Waals surface area contributed by atoms with E-state index >= 15 is 0 Å². The monoisotopic (exact) mass is 479 g/mol. The lowest BCUT2D eigenvalue weighted by atomic mass is 10.1. The van der Waals surface area contributed by atoms with Crippen LogP contribution in [0, 0.1) is 11.6 Å². The first-order valence-corrected chi connectivity index (χ1v) is 10.6. The van der Waals surface area contributed by atoms with E-state index in [9.17, 15) is 8.78 Å². The molecule has 3 heterocycles. The van der Waals surface area contributed by atoms with Crippen LogP contribution in [0.25, 0.3) is 10.9 Å². The summed E-state index contributed by atoms with van der Waals surface area (Å²) in [7, 11) is 3.12. The molecule has 0 saturated carbocycles. The third-order valence-electron chi connectivity index (χ3n) is 5.71. The summed E-state index contributed by atoms with van der Waals surface area (Å²) < 4.78 is 56.5. The molecule has 1 aromatic heterocycles. The van der Waals surface area contributed by atoms with Gasteiger partial charge in [0.25, 0.3) is 0 Å². The number of rotatable bonds is 6. The Morgan fingerprint density at radius 1 is 1.15 bits per heavy atom. The second-order valence-electron chi connectivity index (χ2n) is 7.62. The first kappa shape index (κ1) is 22.0. The molecule has 1 N–H and O–H groups in total. The van der Waals surface area contributed by atoms with E-state index in [0.29, 0.717) is 35.4 Å². The average molecular weight is 480 g/mol. The Hall–Kier alpha value is -2.79. The molecule has 0 spiro atoms. The normalized spacial score (nSPS) is 24.2. The smallest absolute Gasteiger partial charge is 0.203 e. The summed E-state index contributed by atoms with van der Waals surface area (Å²) in [6.45, 7) is 0.490. The van der Waals surface area contributed by atoms with Crippen molar-refractivity contribution in [3.05, 3.63) is 47.2 Å². The van der Waals surface area contributed by atoms with Gasteiger partial charge in [0, 0.05) is 25.0 Å². The number of nitrogens with one attached hydrogen (secondary N) is 1. The summed E-state index contributed by atoms with van der Waals surface area (Å²) in [5.41, 5.74) is 0.486. The summed E-state index contributed by atoms with van der Waals surface area (Å²) in [4.78, 5) is 8.46. The third-order valence-corrected chi connectivity index (χ3v) is 6.06. The summed E-state index contributed by atoms with van der Waals surface area (Å²) in [6.07, 6.45) is 0.900. The highest BCUT2D eigenvalue weighted by atomic mass is 35.5. The first-order chi connectivity index (χ1) is 16.0. The molecule has 8 nitrogen and oxygen atoms in total. The van der Waals surface area contributed by atoms with Gasteiger partial charge in [-0.15, -0.1) is 0 Å². The van der Waals surface area contributed by atoms with Crippen molar-refractivity contribution in [3.8, 4) is 11.5 Å². The van der Waals surface area contributed by atoms with Crippen molar-refractivity contribution in [2.45, 2.75) is 31.0 Å². The van der Waals surface area contributed by atoms with Crippen molar-refractivity contribution < 1.29 is 32.5 Å². The van der Waals surface area contributed by atoms with Gasteiger partial charge in [-0.2, -0.15) is 0 Å². The van der Waals surface area contributed by atoms with Gasteiger partial charge in [-0.1, -0.05) is 11.6 Å². The molecule has 174 valence electrons. The molecule has 0 amide bonds. The summed E-state index contributed by atoms with van der Waals surface area (Å²) in [5, 5.41) is 2.77. The van der Waals surface area contributed by atoms with Crippen molar-refractivity contribution in [1.29, 1.82) is 0 Å². The van der Waals surface area contributed by atoms with E-state index in [4.69, 9.17) is 35.3 Å². The van der Waals surface area contributed by atoms with Gasteiger partial charge in [-0.05, 0) is 18.2 Å². The maximum Gasteiger partial charge on any atom is 0.203 e. The summed E-state index contributed by atoms with van der Waals surface area (Å²) >= 11 is 5.68. The lowest BCUT2D eigenvalue weighted by molar-refractivity contribution is -0.108. The Labute approximate surface area is 192 Å². The van der Waals surface area contributed by atoms with E-state index in [1.165, 1.54) is 19.5 Å². The Bertz CT molecular complexity index is 1200. The van der Waals surface area contributed by atoms with Crippen LogP contribution in [0.2, 0.25) is 5.02 Å². The van der Waals surface area contributed by atoms with E-state index < -0.39 is 22.9 Å². The van der Waals surface area contributed by atoms with Crippen LogP contribution >= 0.6 is 11.6 Å².